The number of rotatable bonds is 5. The van der Waals surface area contributed by atoms with Crippen molar-refractivity contribution in [3.63, 3.8) is 0 Å². The summed E-state index contributed by atoms with van der Waals surface area (Å²) >= 11 is 1.05. The summed E-state index contributed by atoms with van der Waals surface area (Å²) in [5, 5.41) is 18.2. The van der Waals surface area contributed by atoms with Crippen LogP contribution in [0, 0.1) is 0 Å². The van der Waals surface area contributed by atoms with E-state index in [-0.39, 0.29) is 5.75 Å². The third kappa shape index (κ3) is 2.93. The molecule has 0 unspecified atom stereocenters. The Balaban J connectivity index is 1.47. The molecule has 2 aromatic carbocycles. The molecule has 0 radical (unpaired) electrons. The van der Waals surface area contributed by atoms with Crippen molar-refractivity contribution < 1.29 is 14.3 Å². The molecule has 3 aromatic heterocycles. The molecule has 5 aromatic rings. The second-order valence-electron chi connectivity index (χ2n) is 6.24. The first-order valence-electron chi connectivity index (χ1n) is 8.55. The summed E-state index contributed by atoms with van der Waals surface area (Å²) in [6, 6.07) is 18.1. The van der Waals surface area contributed by atoms with Gasteiger partial charge in [0.2, 0.25) is 5.16 Å². The van der Waals surface area contributed by atoms with Crippen molar-refractivity contribution in [2.24, 2.45) is 0 Å². The predicted molar refractivity (Wildman–Crippen MR) is 107 cm³/mol. The predicted octanol–water partition coefficient (Wildman–Crippen LogP) is 4.54. The number of carboxylic acids is 1. The fourth-order valence-electron chi connectivity index (χ4n) is 3.17. The number of carbonyl (C=O) groups is 1. The molecule has 0 saturated carbocycles. The summed E-state index contributed by atoms with van der Waals surface area (Å²) in [5.74, 6) is 0.726. The molecule has 5 rings (SSSR count). The quantitative estimate of drug-likeness (QED) is 0.380. The average molecular weight is 390 g/mol. The number of carboxylic acid groups (broad SMARTS) is 1. The number of nitrogens with one attached hydrogen (secondary N) is 2. The Labute approximate surface area is 162 Å². The Kier molecular flexibility index (Phi) is 3.91. The van der Waals surface area contributed by atoms with Crippen molar-refractivity contribution >= 4 is 39.5 Å². The number of hydrogen-bond donors (Lipinski definition) is 3. The zero-order valence-electron chi connectivity index (χ0n) is 14.5. The molecule has 0 fully saturated rings. The second kappa shape index (κ2) is 6.58. The SMILES string of the molecule is O=C(O)CSc1n[nH]c(-c2ccc(-c3ccc4[nH]c5ccccc5c4c3)o2)n1. The van der Waals surface area contributed by atoms with Crippen molar-refractivity contribution in [3.8, 4) is 22.9 Å². The molecule has 0 saturated heterocycles. The number of benzene rings is 2. The molecule has 8 heteroatoms. The number of furan rings is 1. The van der Waals surface area contributed by atoms with Crippen molar-refractivity contribution in [3.05, 3.63) is 54.6 Å². The maximum absolute atomic E-state index is 10.7. The fraction of sp³-hybridized carbons (Fsp3) is 0.0500. The molecule has 0 bridgehead atoms. The number of nitrogens with zero attached hydrogens (tertiary/aromatic N) is 2. The van der Waals surface area contributed by atoms with Gasteiger partial charge in [-0.15, -0.1) is 5.10 Å². The third-order valence-corrected chi connectivity index (χ3v) is 5.25. The van der Waals surface area contributed by atoms with Crippen molar-refractivity contribution in [2.45, 2.75) is 5.16 Å². The fourth-order valence-corrected chi connectivity index (χ4v) is 3.69. The van der Waals surface area contributed by atoms with Crippen LogP contribution in [-0.4, -0.2) is 37.0 Å². The molecule has 7 nitrogen and oxygen atoms in total. The zero-order chi connectivity index (χ0) is 19.1. The lowest BCUT2D eigenvalue weighted by Crippen LogP contribution is -1.97. The van der Waals surface area contributed by atoms with Gasteiger partial charge in [-0.1, -0.05) is 30.0 Å². The Hall–Kier alpha value is -3.52. The number of aliphatic carboxylic acids is 1. The molecule has 28 heavy (non-hydrogen) atoms. The van der Waals surface area contributed by atoms with E-state index in [4.69, 9.17) is 9.52 Å². The molecule has 0 aliphatic carbocycles. The van der Waals surface area contributed by atoms with Gasteiger partial charge in [0.05, 0.1) is 5.75 Å². The highest BCUT2D eigenvalue weighted by Gasteiger charge is 2.13. The van der Waals surface area contributed by atoms with E-state index in [0.29, 0.717) is 16.7 Å². The van der Waals surface area contributed by atoms with E-state index in [1.165, 1.54) is 5.39 Å². The van der Waals surface area contributed by atoms with Crippen LogP contribution in [0.5, 0.6) is 0 Å². The lowest BCUT2D eigenvalue weighted by atomic mass is 10.1. The number of hydrogen-bond acceptors (Lipinski definition) is 5. The van der Waals surface area contributed by atoms with Gasteiger partial charge in [0.15, 0.2) is 11.6 Å². The molecular weight excluding hydrogens is 376 g/mol. The Morgan fingerprint density at radius 1 is 1.04 bits per heavy atom. The van der Waals surface area contributed by atoms with Crippen molar-refractivity contribution in [1.29, 1.82) is 0 Å². The van der Waals surface area contributed by atoms with Crippen LogP contribution in [0.1, 0.15) is 0 Å². The van der Waals surface area contributed by atoms with E-state index in [9.17, 15) is 4.79 Å². The van der Waals surface area contributed by atoms with E-state index in [0.717, 1.165) is 39.5 Å². The Bertz CT molecular complexity index is 1320. The number of aromatic nitrogens is 4. The van der Waals surface area contributed by atoms with Gasteiger partial charge in [-0.2, -0.15) is 4.98 Å². The van der Waals surface area contributed by atoms with Crippen LogP contribution in [-0.2, 0) is 4.79 Å². The van der Waals surface area contributed by atoms with Gasteiger partial charge in [-0.05, 0) is 36.4 Å². The Morgan fingerprint density at radius 2 is 1.86 bits per heavy atom. The Morgan fingerprint density at radius 3 is 2.75 bits per heavy atom. The van der Waals surface area contributed by atoms with Gasteiger partial charge in [0.25, 0.3) is 0 Å². The number of fused-ring (bicyclic) bond motifs is 3. The van der Waals surface area contributed by atoms with Gasteiger partial charge in [-0.3, -0.25) is 9.89 Å². The van der Waals surface area contributed by atoms with E-state index < -0.39 is 5.97 Å². The van der Waals surface area contributed by atoms with Gasteiger partial charge in [0, 0.05) is 27.4 Å². The zero-order valence-corrected chi connectivity index (χ0v) is 15.3. The standard InChI is InChI=1S/C20H14N4O3S/c25-18(26)10-28-20-22-19(23-24-20)17-8-7-16(27-17)11-5-6-15-13(9-11)12-3-1-2-4-14(12)21-15/h1-9,21H,10H2,(H,25,26)(H,22,23,24). The molecule has 0 atom stereocenters. The molecule has 0 aliphatic heterocycles. The molecule has 0 amide bonds. The minimum absolute atomic E-state index is 0.0919. The third-order valence-electron chi connectivity index (χ3n) is 4.42. The van der Waals surface area contributed by atoms with Crippen LogP contribution >= 0.6 is 11.8 Å². The monoisotopic (exact) mass is 390 g/mol. The van der Waals surface area contributed by atoms with Gasteiger partial charge in [-0.25, -0.2) is 0 Å². The lowest BCUT2D eigenvalue weighted by Gasteiger charge is -1.98. The van der Waals surface area contributed by atoms with E-state index in [1.807, 2.05) is 36.4 Å². The van der Waals surface area contributed by atoms with Crippen LogP contribution in [0.4, 0.5) is 0 Å². The highest BCUT2D eigenvalue weighted by atomic mass is 32.2. The first kappa shape index (κ1) is 16.6. The summed E-state index contributed by atoms with van der Waals surface area (Å²) in [4.78, 5) is 18.3. The van der Waals surface area contributed by atoms with Crippen LogP contribution in [0.15, 0.2) is 64.2 Å². The van der Waals surface area contributed by atoms with E-state index >= 15 is 0 Å². The molecule has 3 heterocycles. The maximum Gasteiger partial charge on any atom is 0.313 e. The lowest BCUT2D eigenvalue weighted by molar-refractivity contribution is -0.133. The number of para-hydroxylation sites is 1. The van der Waals surface area contributed by atoms with Crippen molar-refractivity contribution in [2.75, 3.05) is 5.75 Å². The molecule has 3 N–H and O–H groups in total. The smallest absolute Gasteiger partial charge is 0.313 e. The number of H-pyrrole nitrogens is 2. The van der Waals surface area contributed by atoms with Gasteiger partial charge >= 0.3 is 5.97 Å². The first-order valence-corrected chi connectivity index (χ1v) is 9.54. The highest BCUT2D eigenvalue weighted by Crippen LogP contribution is 2.32. The first-order chi connectivity index (χ1) is 13.7. The summed E-state index contributed by atoms with van der Waals surface area (Å²) in [7, 11) is 0. The summed E-state index contributed by atoms with van der Waals surface area (Å²) in [6.07, 6.45) is 0. The summed E-state index contributed by atoms with van der Waals surface area (Å²) < 4.78 is 5.96. The normalized spacial score (nSPS) is 11.4. The van der Waals surface area contributed by atoms with Crippen LogP contribution < -0.4 is 0 Å². The molecule has 0 aliphatic rings. The van der Waals surface area contributed by atoms with E-state index in [2.05, 4.69) is 38.4 Å². The average Bonchev–Trinajstić information content (AvgIpc) is 3.43. The summed E-state index contributed by atoms with van der Waals surface area (Å²) in [5.41, 5.74) is 3.14. The van der Waals surface area contributed by atoms with E-state index in [1.54, 1.807) is 0 Å². The number of thioether (sulfide) groups is 1. The topological polar surface area (TPSA) is 108 Å². The largest absolute Gasteiger partial charge is 0.481 e. The van der Waals surface area contributed by atoms with Crippen LogP contribution in [0.3, 0.4) is 0 Å². The van der Waals surface area contributed by atoms with Crippen LogP contribution in [0.2, 0.25) is 0 Å². The molecule has 138 valence electrons. The van der Waals surface area contributed by atoms with Gasteiger partial charge < -0.3 is 14.5 Å². The minimum Gasteiger partial charge on any atom is -0.481 e. The highest BCUT2D eigenvalue weighted by molar-refractivity contribution is 7.99. The maximum atomic E-state index is 10.7. The minimum atomic E-state index is -0.913. The second-order valence-corrected chi connectivity index (χ2v) is 7.19. The van der Waals surface area contributed by atoms with Gasteiger partial charge in [0.1, 0.15) is 5.76 Å². The molecular formula is C20H14N4O3S. The molecule has 0 spiro atoms. The van der Waals surface area contributed by atoms with Crippen molar-refractivity contribution in [1.82, 2.24) is 20.2 Å². The van der Waals surface area contributed by atoms with Crippen LogP contribution in [0.25, 0.3) is 44.7 Å². The summed E-state index contributed by atoms with van der Waals surface area (Å²) in [6.45, 7) is 0. The number of aromatic amines is 2.